The van der Waals surface area contributed by atoms with E-state index in [4.69, 9.17) is 0 Å². The summed E-state index contributed by atoms with van der Waals surface area (Å²) in [5.74, 6) is -0.426. The zero-order chi connectivity index (χ0) is 18.9. The number of nitrogens with zero attached hydrogens (tertiary/aromatic N) is 4. The van der Waals surface area contributed by atoms with Crippen molar-refractivity contribution in [1.82, 2.24) is 20.1 Å². The molecule has 0 saturated carbocycles. The maximum absolute atomic E-state index is 12.8. The topological polar surface area (TPSA) is 79.6 Å². The lowest BCUT2D eigenvalue weighted by molar-refractivity contribution is -0.131. The fourth-order valence-corrected chi connectivity index (χ4v) is 2.95. The lowest BCUT2D eigenvalue weighted by Crippen LogP contribution is -2.40. The number of hydrogen-bond donors (Lipinski definition) is 1. The first-order chi connectivity index (χ1) is 13.1. The van der Waals surface area contributed by atoms with E-state index in [0.717, 1.165) is 10.7 Å². The van der Waals surface area contributed by atoms with Crippen LogP contribution < -0.4 is 5.32 Å². The molecule has 7 nitrogen and oxygen atoms in total. The number of hydrogen-bond acceptors (Lipinski definition) is 4. The van der Waals surface area contributed by atoms with Gasteiger partial charge < -0.3 is 5.32 Å². The zero-order valence-corrected chi connectivity index (χ0v) is 14.6. The highest BCUT2D eigenvalue weighted by Crippen LogP contribution is 2.28. The largest absolute Gasteiger partial charge is 0.346 e. The third kappa shape index (κ3) is 2.99. The molecule has 1 aliphatic rings. The summed E-state index contributed by atoms with van der Waals surface area (Å²) in [6.07, 6.45) is 4.83. The van der Waals surface area contributed by atoms with Gasteiger partial charge in [-0.3, -0.25) is 4.79 Å². The highest BCUT2D eigenvalue weighted by atomic mass is 16.2. The third-order valence-electron chi connectivity index (χ3n) is 4.47. The summed E-state index contributed by atoms with van der Waals surface area (Å²) in [4.78, 5) is 25.1. The average molecular weight is 359 g/mol. The van der Waals surface area contributed by atoms with Crippen LogP contribution in [-0.2, 0) is 10.3 Å². The molecule has 0 spiro atoms. The van der Waals surface area contributed by atoms with Gasteiger partial charge in [0.2, 0.25) is 0 Å². The van der Waals surface area contributed by atoms with E-state index in [9.17, 15) is 9.59 Å². The number of urea groups is 1. The fraction of sp³-hybridized carbons (Fsp3) is 0.100. The highest BCUT2D eigenvalue weighted by Gasteiger charge is 2.49. The van der Waals surface area contributed by atoms with Crippen LogP contribution in [-0.4, -0.2) is 32.9 Å². The maximum atomic E-state index is 12.8. The van der Waals surface area contributed by atoms with Crippen molar-refractivity contribution < 1.29 is 9.59 Å². The molecular formula is C20H17N5O2. The number of para-hydroxylation sites is 1. The Hall–Kier alpha value is -3.74. The van der Waals surface area contributed by atoms with Crippen LogP contribution >= 0.6 is 0 Å². The van der Waals surface area contributed by atoms with E-state index >= 15 is 0 Å². The second kappa shape index (κ2) is 6.53. The van der Waals surface area contributed by atoms with E-state index in [1.54, 1.807) is 36.1 Å². The van der Waals surface area contributed by atoms with Gasteiger partial charge in [-0.1, -0.05) is 48.5 Å². The van der Waals surface area contributed by atoms with Crippen LogP contribution in [0.15, 0.2) is 78.2 Å². The van der Waals surface area contributed by atoms with E-state index in [2.05, 4.69) is 15.5 Å². The summed E-state index contributed by atoms with van der Waals surface area (Å²) < 4.78 is 1.70. The van der Waals surface area contributed by atoms with E-state index in [1.165, 1.54) is 6.21 Å². The van der Waals surface area contributed by atoms with Crippen molar-refractivity contribution in [3.05, 3.63) is 84.2 Å². The van der Waals surface area contributed by atoms with Gasteiger partial charge in [-0.2, -0.15) is 10.2 Å². The van der Waals surface area contributed by atoms with Crippen LogP contribution in [0.25, 0.3) is 5.69 Å². The summed E-state index contributed by atoms with van der Waals surface area (Å²) in [5, 5.41) is 11.9. The highest BCUT2D eigenvalue weighted by molar-refractivity contribution is 6.07. The van der Waals surface area contributed by atoms with Gasteiger partial charge in [-0.25, -0.2) is 9.48 Å². The predicted molar refractivity (Wildman–Crippen MR) is 100 cm³/mol. The van der Waals surface area contributed by atoms with Crippen molar-refractivity contribution in [2.75, 3.05) is 0 Å². The second-order valence-electron chi connectivity index (χ2n) is 6.34. The molecule has 7 heteroatoms. The standard InChI is InChI=1S/C20H17N5O2/c1-20(16-8-4-2-5-9-16)18(26)25(19(27)23-20)22-13-15-12-21-24(14-15)17-10-6-3-7-11-17/h2-14H,1H3,(H,23,27)/b22-13-/t20-/m0/s1. The molecule has 1 atom stereocenters. The lowest BCUT2D eigenvalue weighted by atomic mass is 9.92. The quantitative estimate of drug-likeness (QED) is 0.574. The molecule has 2 aromatic carbocycles. The predicted octanol–water partition coefficient (Wildman–Crippen LogP) is 2.67. The summed E-state index contributed by atoms with van der Waals surface area (Å²) in [7, 11) is 0. The monoisotopic (exact) mass is 359 g/mol. The first-order valence-electron chi connectivity index (χ1n) is 8.44. The maximum Gasteiger partial charge on any atom is 0.346 e. The Morgan fingerprint density at radius 2 is 1.70 bits per heavy atom. The molecule has 0 unspecified atom stereocenters. The molecule has 27 heavy (non-hydrogen) atoms. The zero-order valence-electron chi connectivity index (χ0n) is 14.6. The van der Waals surface area contributed by atoms with Gasteiger partial charge in [0.25, 0.3) is 5.91 Å². The van der Waals surface area contributed by atoms with Gasteiger partial charge in [-0.05, 0) is 24.6 Å². The van der Waals surface area contributed by atoms with Gasteiger partial charge in [0.15, 0.2) is 0 Å². The third-order valence-corrected chi connectivity index (χ3v) is 4.47. The van der Waals surface area contributed by atoms with Crippen molar-refractivity contribution >= 4 is 18.2 Å². The number of rotatable bonds is 4. The van der Waals surface area contributed by atoms with E-state index in [-0.39, 0.29) is 0 Å². The molecule has 1 aromatic heterocycles. The Balaban J connectivity index is 1.55. The Labute approximate surface area is 155 Å². The van der Waals surface area contributed by atoms with Crippen LogP contribution in [0.5, 0.6) is 0 Å². The van der Waals surface area contributed by atoms with Gasteiger partial charge in [0, 0.05) is 11.8 Å². The second-order valence-corrected chi connectivity index (χ2v) is 6.34. The van der Waals surface area contributed by atoms with Crippen LogP contribution in [0.4, 0.5) is 4.79 Å². The van der Waals surface area contributed by atoms with Gasteiger partial charge in [0.05, 0.1) is 18.1 Å². The molecule has 0 radical (unpaired) electrons. The molecule has 3 aromatic rings. The number of carbonyl (C=O) groups is 2. The van der Waals surface area contributed by atoms with Gasteiger partial charge >= 0.3 is 6.03 Å². The Kier molecular flexibility index (Phi) is 4.04. The first kappa shape index (κ1) is 16.7. The number of benzene rings is 2. The number of aromatic nitrogens is 2. The average Bonchev–Trinajstić information content (AvgIpc) is 3.26. The summed E-state index contributed by atoms with van der Waals surface area (Å²) in [6, 6.07) is 18.2. The Morgan fingerprint density at radius 3 is 2.41 bits per heavy atom. The molecule has 1 fully saturated rings. The van der Waals surface area contributed by atoms with Crippen molar-refractivity contribution in [3.8, 4) is 5.69 Å². The molecule has 1 aliphatic heterocycles. The summed E-state index contributed by atoms with van der Waals surface area (Å²) in [5.41, 5.74) is 1.15. The molecule has 3 amide bonds. The number of nitrogens with one attached hydrogen (secondary N) is 1. The normalized spacial score (nSPS) is 19.7. The summed E-state index contributed by atoms with van der Waals surface area (Å²) >= 11 is 0. The smallest absolute Gasteiger partial charge is 0.318 e. The van der Waals surface area contributed by atoms with Gasteiger partial charge in [0.1, 0.15) is 5.54 Å². The molecule has 0 bridgehead atoms. The van der Waals surface area contributed by atoms with E-state index in [0.29, 0.717) is 11.1 Å². The van der Waals surface area contributed by atoms with Crippen molar-refractivity contribution in [3.63, 3.8) is 0 Å². The molecule has 0 aliphatic carbocycles. The molecule has 134 valence electrons. The molecular weight excluding hydrogens is 342 g/mol. The minimum absolute atomic E-state index is 0.426. The Morgan fingerprint density at radius 1 is 1.04 bits per heavy atom. The minimum atomic E-state index is -1.14. The molecule has 1 saturated heterocycles. The SMILES string of the molecule is C[C@@]1(c2ccccc2)NC(=O)N(/N=C\c2cnn(-c3ccccc3)c2)C1=O. The number of hydrazone groups is 1. The lowest BCUT2D eigenvalue weighted by Gasteiger charge is -2.20. The number of amides is 3. The molecule has 4 rings (SSSR count). The van der Waals surface area contributed by atoms with Crippen molar-refractivity contribution in [2.45, 2.75) is 12.5 Å². The van der Waals surface area contributed by atoms with Crippen LogP contribution in [0.1, 0.15) is 18.1 Å². The summed E-state index contributed by atoms with van der Waals surface area (Å²) in [6.45, 7) is 1.67. The van der Waals surface area contributed by atoms with E-state index < -0.39 is 17.5 Å². The Bertz CT molecular complexity index is 1010. The number of imide groups is 1. The van der Waals surface area contributed by atoms with Crippen molar-refractivity contribution in [1.29, 1.82) is 0 Å². The first-order valence-corrected chi connectivity index (χ1v) is 8.44. The fourth-order valence-electron chi connectivity index (χ4n) is 2.95. The van der Waals surface area contributed by atoms with Gasteiger partial charge in [-0.15, -0.1) is 5.01 Å². The van der Waals surface area contributed by atoms with Crippen LogP contribution in [0, 0.1) is 0 Å². The molecule has 2 heterocycles. The minimum Gasteiger partial charge on any atom is -0.318 e. The van der Waals surface area contributed by atoms with Crippen LogP contribution in [0.2, 0.25) is 0 Å². The van der Waals surface area contributed by atoms with Crippen molar-refractivity contribution in [2.24, 2.45) is 5.10 Å². The molecule has 1 N–H and O–H groups in total. The van der Waals surface area contributed by atoms with E-state index in [1.807, 2.05) is 48.5 Å². The number of carbonyl (C=O) groups excluding carboxylic acids is 2. The van der Waals surface area contributed by atoms with Crippen LogP contribution in [0.3, 0.4) is 0 Å².